The van der Waals surface area contributed by atoms with Crippen molar-refractivity contribution in [3.8, 4) is 0 Å². The van der Waals surface area contributed by atoms with E-state index in [0.717, 1.165) is 30.2 Å². The fourth-order valence-corrected chi connectivity index (χ4v) is 4.04. The lowest BCUT2D eigenvalue weighted by atomic mass is 10.1. The van der Waals surface area contributed by atoms with Crippen LogP contribution in [-0.2, 0) is 0 Å². The predicted molar refractivity (Wildman–Crippen MR) is 115 cm³/mol. The van der Waals surface area contributed by atoms with Gasteiger partial charge in [0.25, 0.3) is 11.5 Å². The molecule has 2 heterocycles. The van der Waals surface area contributed by atoms with Gasteiger partial charge in [0.15, 0.2) is 5.69 Å². The molecule has 4 rings (SSSR count). The summed E-state index contributed by atoms with van der Waals surface area (Å²) in [5, 5.41) is 0. The molecule has 0 unspecified atom stereocenters. The van der Waals surface area contributed by atoms with Crippen LogP contribution in [0.5, 0.6) is 0 Å². The maximum atomic E-state index is 12.5. The molecule has 1 amide bonds. The van der Waals surface area contributed by atoms with Gasteiger partial charge in [-0.15, -0.1) is 0 Å². The maximum Gasteiger partial charge on any atom is 0.278 e. The highest BCUT2D eigenvalue weighted by Crippen LogP contribution is 2.14. The molecule has 0 saturated carbocycles. The number of nitrogens with zero attached hydrogens (tertiary/aromatic N) is 2. The zero-order valence-corrected chi connectivity index (χ0v) is 16.4. The molecule has 6 nitrogen and oxygen atoms in total. The van der Waals surface area contributed by atoms with Gasteiger partial charge in [-0.2, -0.15) is 11.8 Å². The van der Waals surface area contributed by atoms with Crippen LogP contribution in [0.2, 0.25) is 0 Å². The number of hydrogen-bond acceptors (Lipinski definition) is 5. The van der Waals surface area contributed by atoms with Gasteiger partial charge >= 0.3 is 0 Å². The van der Waals surface area contributed by atoms with Gasteiger partial charge in [-0.3, -0.25) is 14.4 Å². The molecule has 7 heteroatoms. The van der Waals surface area contributed by atoms with Crippen molar-refractivity contribution in [2.24, 2.45) is 0 Å². The number of amides is 1. The average Bonchev–Trinajstić information content (AvgIpc) is 2.77. The molecule has 1 N–H and O–H groups in total. The second kappa shape index (κ2) is 8.45. The number of aromatic nitrogens is 2. The minimum Gasteiger partial charge on any atom is -0.337 e. The van der Waals surface area contributed by atoms with Crippen molar-refractivity contribution in [2.75, 3.05) is 24.6 Å². The van der Waals surface area contributed by atoms with E-state index in [2.05, 4.69) is 9.97 Å². The summed E-state index contributed by atoms with van der Waals surface area (Å²) in [5.74, 6) is 1.50. The molecule has 3 aromatic rings. The van der Waals surface area contributed by atoms with Crippen molar-refractivity contribution in [2.45, 2.75) is 0 Å². The standard InChI is InChI=1S/C22H19N3O3S/c26-19(20-21(27)24-18-4-2-1-3-17(18)23-20)10-7-15-5-8-16(9-6-15)22(28)25-11-13-29-14-12-25/h1-10H,11-14H2,(H,24,27). The maximum absolute atomic E-state index is 12.5. The van der Waals surface area contributed by atoms with Crippen molar-refractivity contribution in [3.05, 3.63) is 81.8 Å². The molecule has 0 bridgehead atoms. The number of benzene rings is 2. The molecule has 0 radical (unpaired) electrons. The second-order valence-corrected chi connectivity index (χ2v) is 7.88. The number of fused-ring (bicyclic) bond motifs is 1. The summed E-state index contributed by atoms with van der Waals surface area (Å²) in [7, 11) is 0. The number of thioether (sulfide) groups is 1. The Bertz CT molecular complexity index is 1150. The molecule has 1 fully saturated rings. The van der Waals surface area contributed by atoms with E-state index < -0.39 is 11.3 Å². The lowest BCUT2D eigenvalue weighted by Crippen LogP contribution is -2.37. The fraction of sp³-hybridized carbons (Fsp3) is 0.182. The van der Waals surface area contributed by atoms with Crippen LogP contribution in [0.4, 0.5) is 0 Å². The monoisotopic (exact) mass is 405 g/mol. The summed E-state index contributed by atoms with van der Waals surface area (Å²) in [6, 6.07) is 14.2. The van der Waals surface area contributed by atoms with E-state index in [0.29, 0.717) is 16.6 Å². The number of carbonyl (C=O) groups excluding carboxylic acids is 2. The van der Waals surface area contributed by atoms with E-state index in [9.17, 15) is 14.4 Å². The number of aromatic amines is 1. The summed E-state index contributed by atoms with van der Waals surface area (Å²) in [5.41, 5.74) is 1.89. The summed E-state index contributed by atoms with van der Waals surface area (Å²) >= 11 is 1.86. The van der Waals surface area contributed by atoms with Crippen molar-refractivity contribution >= 4 is 40.6 Å². The number of allylic oxidation sites excluding steroid dienone is 1. The molecule has 0 aliphatic carbocycles. The summed E-state index contributed by atoms with van der Waals surface area (Å²) in [4.78, 5) is 45.8. The van der Waals surface area contributed by atoms with E-state index in [1.54, 1.807) is 54.6 Å². The number of H-pyrrole nitrogens is 1. The summed E-state index contributed by atoms with van der Waals surface area (Å²) in [6.45, 7) is 1.54. The van der Waals surface area contributed by atoms with Crippen LogP contribution >= 0.6 is 11.8 Å². The van der Waals surface area contributed by atoms with Gasteiger partial charge in [0.2, 0.25) is 5.78 Å². The Morgan fingerprint density at radius 2 is 1.76 bits per heavy atom. The number of hydrogen-bond donors (Lipinski definition) is 1. The molecular weight excluding hydrogens is 386 g/mol. The van der Waals surface area contributed by atoms with Gasteiger partial charge in [-0.05, 0) is 35.9 Å². The van der Waals surface area contributed by atoms with Crippen molar-refractivity contribution < 1.29 is 9.59 Å². The van der Waals surface area contributed by atoms with E-state index in [1.165, 1.54) is 6.08 Å². The minimum atomic E-state index is -0.515. The quantitative estimate of drug-likeness (QED) is 0.533. The SMILES string of the molecule is O=C(C=Cc1ccc(C(=O)N2CCSCC2)cc1)c1nc2ccccc2[nH]c1=O. The van der Waals surface area contributed by atoms with Crippen molar-refractivity contribution in [3.63, 3.8) is 0 Å². The summed E-state index contributed by atoms with van der Waals surface area (Å²) < 4.78 is 0. The normalized spacial score (nSPS) is 14.4. The lowest BCUT2D eigenvalue weighted by molar-refractivity contribution is 0.0772. The van der Waals surface area contributed by atoms with Gasteiger partial charge in [0.05, 0.1) is 11.0 Å². The molecular formula is C22H19N3O3S. The molecule has 1 aromatic heterocycles. The highest BCUT2D eigenvalue weighted by Gasteiger charge is 2.18. The van der Waals surface area contributed by atoms with Crippen LogP contribution in [-0.4, -0.2) is 51.2 Å². The Balaban J connectivity index is 1.49. The molecule has 2 aromatic carbocycles. The first-order chi connectivity index (χ1) is 14.1. The zero-order chi connectivity index (χ0) is 20.2. The van der Waals surface area contributed by atoms with Crippen LogP contribution in [0.1, 0.15) is 26.4 Å². The lowest BCUT2D eigenvalue weighted by Gasteiger charge is -2.26. The number of ketones is 1. The molecule has 0 atom stereocenters. The number of para-hydroxylation sites is 2. The van der Waals surface area contributed by atoms with E-state index in [4.69, 9.17) is 0 Å². The number of carbonyl (C=O) groups is 2. The number of rotatable bonds is 4. The smallest absolute Gasteiger partial charge is 0.278 e. The third-order valence-electron chi connectivity index (χ3n) is 4.72. The first-order valence-corrected chi connectivity index (χ1v) is 10.5. The highest BCUT2D eigenvalue weighted by atomic mass is 32.2. The van der Waals surface area contributed by atoms with Crippen LogP contribution in [0.25, 0.3) is 17.1 Å². The molecule has 1 saturated heterocycles. The van der Waals surface area contributed by atoms with Crippen LogP contribution < -0.4 is 5.56 Å². The van der Waals surface area contributed by atoms with Crippen molar-refractivity contribution in [1.82, 2.24) is 14.9 Å². The zero-order valence-electron chi connectivity index (χ0n) is 15.6. The Morgan fingerprint density at radius 3 is 2.52 bits per heavy atom. The van der Waals surface area contributed by atoms with Crippen LogP contribution in [0.15, 0.2) is 59.4 Å². The molecule has 146 valence electrons. The number of nitrogens with one attached hydrogen (secondary N) is 1. The van der Waals surface area contributed by atoms with Gasteiger partial charge < -0.3 is 9.88 Å². The van der Waals surface area contributed by atoms with Gasteiger partial charge in [0.1, 0.15) is 0 Å². The fourth-order valence-electron chi connectivity index (χ4n) is 3.13. The van der Waals surface area contributed by atoms with Gasteiger partial charge in [0, 0.05) is 30.2 Å². The largest absolute Gasteiger partial charge is 0.337 e. The predicted octanol–water partition coefficient (Wildman–Crippen LogP) is 3.01. The molecule has 1 aliphatic heterocycles. The summed E-state index contributed by atoms with van der Waals surface area (Å²) in [6.07, 6.45) is 2.94. The van der Waals surface area contributed by atoms with Crippen LogP contribution in [0.3, 0.4) is 0 Å². The van der Waals surface area contributed by atoms with E-state index in [-0.39, 0.29) is 11.6 Å². The third-order valence-corrected chi connectivity index (χ3v) is 5.66. The Kier molecular flexibility index (Phi) is 5.57. The first kappa shape index (κ1) is 19.1. The van der Waals surface area contributed by atoms with Gasteiger partial charge in [-0.1, -0.05) is 30.3 Å². The minimum absolute atomic E-state index is 0.0313. The average molecular weight is 405 g/mol. The van der Waals surface area contributed by atoms with Crippen LogP contribution in [0, 0.1) is 0 Å². The molecule has 1 aliphatic rings. The third kappa shape index (κ3) is 4.30. The van der Waals surface area contributed by atoms with Gasteiger partial charge in [-0.25, -0.2) is 4.98 Å². The Morgan fingerprint density at radius 1 is 1.03 bits per heavy atom. The highest BCUT2D eigenvalue weighted by molar-refractivity contribution is 7.99. The molecule has 29 heavy (non-hydrogen) atoms. The first-order valence-electron chi connectivity index (χ1n) is 9.30. The topological polar surface area (TPSA) is 83.1 Å². The van der Waals surface area contributed by atoms with Crippen molar-refractivity contribution in [1.29, 1.82) is 0 Å². The van der Waals surface area contributed by atoms with E-state index in [1.807, 2.05) is 16.7 Å². The Hall–Kier alpha value is -3.19. The van der Waals surface area contributed by atoms with E-state index >= 15 is 0 Å². The molecule has 0 spiro atoms. The Labute approximate surface area is 171 Å². The second-order valence-electron chi connectivity index (χ2n) is 6.66.